The smallest absolute Gasteiger partial charge is 0.248 e. The molecule has 2 aromatic carbocycles. The van der Waals surface area contributed by atoms with Crippen molar-refractivity contribution in [3.05, 3.63) is 63.6 Å². The van der Waals surface area contributed by atoms with Crippen LogP contribution in [0.15, 0.2) is 42.5 Å². The van der Waals surface area contributed by atoms with Gasteiger partial charge >= 0.3 is 0 Å². The number of nitrogens with one attached hydrogen (secondary N) is 1. The van der Waals surface area contributed by atoms with E-state index >= 15 is 0 Å². The van der Waals surface area contributed by atoms with Crippen molar-refractivity contribution in [1.29, 1.82) is 0 Å². The summed E-state index contributed by atoms with van der Waals surface area (Å²) < 4.78 is 0. The molecule has 3 nitrogen and oxygen atoms in total. The number of hydrogen-bond acceptors (Lipinski definition) is 2. The number of hydrogen-bond donors (Lipinski definition) is 2. The van der Waals surface area contributed by atoms with Crippen molar-refractivity contribution in [1.82, 2.24) is 0 Å². The van der Waals surface area contributed by atoms with Crippen molar-refractivity contribution >= 4 is 34.8 Å². The minimum absolute atomic E-state index is 0.403. The second kappa shape index (κ2) is 5.95. The quantitative estimate of drug-likeness (QED) is 0.903. The Morgan fingerprint density at radius 3 is 2.37 bits per heavy atom. The summed E-state index contributed by atoms with van der Waals surface area (Å²) in [5.41, 5.74) is 7.42. The highest BCUT2D eigenvalue weighted by atomic mass is 35.5. The van der Waals surface area contributed by atoms with E-state index in [1.807, 2.05) is 24.3 Å². The van der Waals surface area contributed by atoms with Crippen LogP contribution in [0.4, 0.5) is 5.69 Å². The Kier molecular flexibility index (Phi) is 4.30. The van der Waals surface area contributed by atoms with Crippen molar-refractivity contribution in [2.75, 3.05) is 5.32 Å². The molecule has 19 heavy (non-hydrogen) atoms. The molecule has 0 atom stereocenters. The van der Waals surface area contributed by atoms with Gasteiger partial charge in [-0.25, -0.2) is 0 Å². The zero-order chi connectivity index (χ0) is 13.8. The van der Waals surface area contributed by atoms with Crippen LogP contribution in [0.3, 0.4) is 0 Å². The first-order chi connectivity index (χ1) is 9.06. The van der Waals surface area contributed by atoms with E-state index in [0.717, 1.165) is 11.3 Å². The van der Waals surface area contributed by atoms with E-state index in [4.69, 9.17) is 28.9 Å². The predicted octanol–water partition coefficient (Wildman–Crippen LogP) is 3.70. The maximum Gasteiger partial charge on any atom is 0.248 e. The van der Waals surface area contributed by atoms with Crippen LogP contribution in [0.1, 0.15) is 15.9 Å². The lowest BCUT2D eigenvalue weighted by molar-refractivity contribution is 0.100. The second-order valence-corrected chi connectivity index (χ2v) is 4.87. The number of benzene rings is 2. The van der Waals surface area contributed by atoms with Gasteiger partial charge in [-0.2, -0.15) is 0 Å². The van der Waals surface area contributed by atoms with Crippen LogP contribution in [-0.2, 0) is 6.54 Å². The van der Waals surface area contributed by atoms with Crippen molar-refractivity contribution in [3.8, 4) is 0 Å². The van der Waals surface area contributed by atoms with Crippen LogP contribution in [0.5, 0.6) is 0 Å². The zero-order valence-corrected chi connectivity index (χ0v) is 11.5. The van der Waals surface area contributed by atoms with Gasteiger partial charge < -0.3 is 11.1 Å². The number of carbonyl (C=O) groups excluding carboxylic acids is 1. The fourth-order valence-electron chi connectivity index (χ4n) is 1.61. The normalized spacial score (nSPS) is 10.2. The van der Waals surface area contributed by atoms with Gasteiger partial charge in [-0.3, -0.25) is 4.79 Å². The molecule has 0 aliphatic heterocycles. The SMILES string of the molecule is NC(=O)c1ccc(CNc2ccc(Cl)cc2)c(Cl)c1. The molecule has 5 heteroatoms. The largest absolute Gasteiger partial charge is 0.381 e. The van der Waals surface area contributed by atoms with Gasteiger partial charge in [0.2, 0.25) is 5.91 Å². The van der Waals surface area contributed by atoms with E-state index < -0.39 is 5.91 Å². The van der Waals surface area contributed by atoms with Crippen molar-refractivity contribution in [2.24, 2.45) is 5.73 Å². The summed E-state index contributed by atoms with van der Waals surface area (Å²) in [7, 11) is 0. The average molecular weight is 295 g/mol. The molecule has 0 spiro atoms. The van der Waals surface area contributed by atoms with Gasteiger partial charge in [0.05, 0.1) is 0 Å². The third-order valence-electron chi connectivity index (χ3n) is 2.66. The minimum Gasteiger partial charge on any atom is -0.381 e. The molecule has 0 aliphatic rings. The molecule has 0 aliphatic carbocycles. The molecule has 0 saturated heterocycles. The number of amides is 1. The fraction of sp³-hybridized carbons (Fsp3) is 0.0714. The molecule has 0 heterocycles. The molecule has 0 bridgehead atoms. The highest BCUT2D eigenvalue weighted by Gasteiger charge is 2.05. The van der Waals surface area contributed by atoms with E-state index in [1.165, 1.54) is 0 Å². The molecule has 98 valence electrons. The van der Waals surface area contributed by atoms with Gasteiger partial charge in [0, 0.05) is 27.8 Å². The van der Waals surface area contributed by atoms with Gasteiger partial charge in [-0.1, -0.05) is 29.3 Å². The summed E-state index contributed by atoms with van der Waals surface area (Å²) in [5.74, 6) is -0.487. The molecule has 2 rings (SSSR count). The van der Waals surface area contributed by atoms with E-state index in [2.05, 4.69) is 5.32 Å². The molecule has 0 fully saturated rings. The Hall–Kier alpha value is -1.71. The molecular weight excluding hydrogens is 283 g/mol. The van der Waals surface area contributed by atoms with Gasteiger partial charge in [-0.15, -0.1) is 0 Å². The van der Waals surface area contributed by atoms with E-state index in [-0.39, 0.29) is 0 Å². The first-order valence-corrected chi connectivity index (χ1v) is 6.39. The molecule has 1 amide bonds. The summed E-state index contributed by atoms with van der Waals surface area (Å²) in [4.78, 5) is 11.0. The van der Waals surface area contributed by atoms with Crippen molar-refractivity contribution in [2.45, 2.75) is 6.54 Å². The Morgan fingerprint density at radius 1 is 1.11 bits per heavy atom. The Bertz CT molecular complexity index is 597. The third-order valence-corrected chi connectivity index (χ3v) is 3.27. The second-order valence-electron chi connectivity index (χ2n) is 4.03. The number of primary amides is 1. The maximum absolute atomic E-state index is 11.0. The molecule has 0 saturated carbocycles. The van der Waals surface area contributed by atoms with Gasteiger partial charge in [0.15, 0.2) is 0 Å². The fourth-order valence-corrected chi connectivity index (χ4v) is 1.98. The molecule has 3 N–H and O–H groups in total. The summed E-state index contributed by atoms with van der Waals surface area (Å²) in [6.45, 7) is 0.555. The zero-order valence-electron chi connectivity index (χ0n) is 9.99. The van der Waals surface area contributed by atoms with Crippen LogP contribution in [-0.4, -0.2) is 5.91 Å². The van der Waals surface area contributed by atoms with Gasteiger partial charge in [-0.05, 0) is 42.0 Å². The number of anilines is 1. The van der Waals surface area contributed by atoms with Crippen LogP contribution in [0.25, 0.3) is 0 Å². The van der Waals surface area contributed by atoms with E-state index in [1.54, 1.807) is 18.2 Å². The Balaban J connectivity index is 2.07. The summed E-state index contributed by atoms with van der Waals surface area (Å²) in [6.07, 6.45) is 0. The first kappa shape index (κ1) is 13.7. The first-order valence-electron chi connectivity index (χ1n) is 5.64. The highest BCUT2D eigenvalue weighted by Crippen LogP contribution is 2.20. The maximum atomic E-state index is 11.0. The Morgan fingerprint density at radius 2 is 1.79 bits per heavy atom. The lowest BCUT2D eigenvalue weighted by Gasteiger charge is -2.09. The average Bonchev–Trinajstić information content (AvgIpc) is 2.39. The predicted molar refractivity (Wildman–Crippen MR) is 78.7 cm³/mol. The standard InChI is InChI=1S/C14H12Cl2N2O/c15-11-3-5-12(6-4-11)18-8-10-2-1-9(14(17)19)7-13(10)16/h1-7,18H,8H2,(H2,17,19). The monoisotopic (exact) mass is 294 g/mol. The topological polar surface area (TPSA) is 55.1 Å². The van der Waals surface area contributed by atoms with Crippen LogP contribution >= 0.6 is 23.2 Å². The molecule has 0 unspecified atom stereocenters. The highest BCUT2D eigenvalue weighted by molar-refractivity contribution is 6.31. The lowest BCUT2D eigenvalue weighted by atomic mass is 10.1. The number of rotatable bonds is 4. The summed E-state index contributed by atoms with van der Waals surface area (Å²) in [6, 6.07) is 12.4. The minimum atomic E-state index is -0.487. The van der Waals surface area contributed by atoms with Crippen LogP contribution in [0.2, 0.25) is 10.0 Å². The molecule has 0 aromatic heterocycles. The van der Waals surface area contributed by atoms with Crippen molar-refractivity contribution in [3.63, 3.8) is 0 Å². The molecule has 2 aromatic rings. The molecule has 0 radical (unpaired) electrons. The van der Waals surface area contributed by atoms with Crippen LogP contribution in [0, 0.1) is 0 Å². The third kappa shape index (κ3) is 3.63. The van der Waals surface area contributed by atoms with Crippen LogP contribution < -0.4 is 11.1 Å². The van der Waals surface area contributed by atoms with Gasteiger partial charge in [0.1, 0.15) is 0 Å². The summed E-state index contributed by atoms with van der Waals surface area (Å²) in [5, 5.41) is 4.42. The number of carbonyl (C=O) groups is 1. The van der Waals surface area contributed by atoms with E-state index in [9.17, 15) is 4.79 Å². The van der Waals surface area contributed by atoms with E-state index in [0.29, 0.717) is 22.2 Å². The van der Waals surface area contributed by atoms with Crippen molar-refractivity contribution < 1.29 is 4.79 Å². The summed E-state index contributed by atoms with van der Waals surface area (Å²) >= 11 is 11.9. The number of halogens is 2. The molecular formula is C14H12Cl2N2O. The van der Waals surface area contributed by atoms with Gasteiger partial charge in [0.25, 0.3) is 0 Å². The number of nitrogens with two attached hydrogens (primary N) is 1. The Labute approximate surface area is 121 Å². The lowest BCUT2D eigenvalue weighted by Crippen LogP contribution is -2.11.